The lowest BCUT2D eigenvalue weighted by atomic mass is 9.76. The molecule has 0 radical (unpaired) electrons. The van der Waals surface area contributed by atoms with Gasteiger partial charge in [0, 0.05) is 69.2 Å². The molecule has 2 aromatic rings. The molecule has 2 aromatic carbocycles. The summed E-state index contributed by atoms with van der Waals surface area (Å²) in [7, 11) is 0. The Hall–Kier alpha value is -5.37. The van der Waals surface area contributed by atoms with E-state index in [9.17, 15) is 48.3 Å². The molecule has 1 aliphatic heterocycles. The molecule has 0 aromatic heterocycles. The number of carbonyl (C=O) groups is 9. The Morgan fingerprint density at radius 3 is 2.06 bits per heavy atom. The van der Waals surface area contributed by atoms with Crippen LogP contribution in [0.1, 0.15) is 159 Å². The standard InChI is InChI=1S/C54H75N3O11/c1-4-7-21-41(53(55)66)31-48(60)45(24-8-5-2)56-50(62)26-25-47(59)52(65)40(16-6-3)30-49(61)46-33-43(68-35-36-17-11-9-12-18-36)34-57(46)54(67)44(39-22-13-10-14-23-39)32-42(58)28-37-19-15-20-38(27-37)29-51(63)64/h9,11-12,15,17-20,27,39-41,43-46H,4-8,10,13-14,16,21-26,28-35H2,1-3H3,(H2,55,66)(H,56,62)(H,63,64)/t40?,41?,43-,44?,45?,46+/m1/s1. The zero-order valence-electron chi connectivity index (χ0n) is 40.6. The summed E-state index contributed by atoms with van der Waals surface area (Å²) in [4.78, 5) is 122. The van der Waals surface area contributed by atoms with Crippen LogP contribution in [0.15, 0.2) is 54.6 Å². The Morgan fingerprint density at radius 2 is 1.41 bits per heavy atom. The van der Waals surface area contributed by atoms with Gasteiger partial charge in [-0.3, -0.25) is 43.2 Å². The van der Waals surface area contributed by atoms with Gasteiger partial charge in [-0.1, -0.05) is 127 Å². The third-order valence-corrected chi connectivity index (χ3v) is 13.6. The van der Waals surface area contributed by atoms with E-state index >= 15 is 0 Å². The molecule has 0 bridgehead atoms. The fraction of sp³-hybridized carbons (Fsp3) is 0.611. The highest BCUT2D eigenvalue weighted by molar-refractivity contribution is 6.38. The van der Waals surface area contributed by atoms with E-state index in [1.165, 1.54) is 0 Å². The van der Waals surface area contributed by atoms with Crippen LogP contribution in [0, 0.1) is 23.7 Å². The summed E-state index contributed by atoms with van der Waals surface area (Å²) in [6.07, 6.45) is 7.21. The average Bonchev–Trinajstić information content (AvgIpc) is 3.76. The van der Waals surface area contributed by atoms with E-state index in [1.54, 1.807) is 29.2 Å². The molecule has 372 valence electrons. The van der Waals surface area contributed by atoms with Crippen LogP contribution in [-0.2, 0) is 67.3 Å². The molecular formula is C54H75N3O11. The van der Waals surface area contributed by atoms with Crippen LogP contribution >= 0.6 is 0 Å². The maximum Gasteiger partial charge on any atom is 0.307 e. The number of primary amides is 1. The van der Waals surface area contributed by atoms with Gasteiger partial charge in [0.15, 0.2) is 17.3 Å². The van der Waals surface area contributed by atoms with Crippen LogP contribution in [0.3, 0.4) is 0 Å². The number of ketones is 5. The number of benzene rings is 2. The number of unbranched alkanes of at least 4 members (excludes halogenated alkanes) is 2. The molecule has 1 saturated carbocycles. The molecule has 2 fully saturated rings. The average molecular weight is 942 g/mol. The number of hydrogen-bond donors (Lipinski definition) is 3. The number of likely N-dealkylation sites (tertiary alicyclic amines) is 1. The lowest BCUT2D eigenvalue weighted by Crippen LogP contribution is -2.47. The Bertz CT molecular complexity index is 2030. The van der Waals surface area contributed by atoms with Crippen molar-refractivity contribution in [3.63, 3.8) is 0 Å². The summed E-state index contributed by atoms with van der Waals surface area (Å²) in [5, 5.41) is 12.0. The number of nitrogens with zero attached hydrogens (tertiary/aromatic N) is 1. The second-order valence-corrected chi connectivity index (χ2v) is 19.1. The number of carboxylic acid groups (broad SMARTS) is 1. The Kier molecular flexibility index (Phi) is 23.4. The van der Waals surface area contributed by atoms with Crippen molar-refractivity contribution in [1.29, 1.82) is 0 Å². The molecule has 1 saturated heterocycles. The number of nitrogens with two attached hydrogens (primary N) is 1. The van der Waals surface area contributed by atoms with Gasteiger partial charge < -0.3 is 25.8 Å². The fourth-order valence-corrected chi connectivity index (χ4v) is 9.83. The van der Waals surface area contributed by atoms with Gasteiger partial charge in [-0.05, 0) is 54.7 Å². The highest BCUT2D eigenvalue weighted by Gasteiger charge is 2.45. The van der Waals surface area contributed by atoms with E-state index in [2.05, 4.69) is 5.32 Å². The first-order valence-corrected chi connectivity index (χ1v) is 25.1. The zero-order chi connectivity index (χ0) is 49.6. The summed E-state index contributed by atoms with van der Waals surface area (Å²) < 4.78 is 6.32. The number of carbonyl (C=O) groups excluding carboxylic acids is 8. The molecular weight excluding hydrogens is 867 g/mol. The van der Waals surface area contributed by atoms with E-state index in [0.717, 1.165) is 56.9 Å². The van der Waals surface area contributed by atoms with Crippen LogP contribution in [0.2, 0.25) is 0 Å². The third kappa shape index (κ3) is 17.9. The maximum atomic E-state index is 14.9. The molecule has 2 aliphatic rings. The van der Waals surface area contributed by atoms with Crippen molar-refractivity contribution < 1.29 is 53.0 Å². The van der Waals surface area contributed by atoms with Crippen molar-refractivity contribution in [1.82, 2.24) is 10.2 Å². The van der Waals surface area contributed by atoms with Gasteiger partial charge in [-0.15, -0.1) is 0 Å². The minimum absolute atomic E-state index is 0.0275. The van der Waals surface area contributed by atoms with E-state index in [4.69, 9.17) is 10.5 Å². The SMILES string of the molecule is CCCCC(CC(=O)C(CCCC)NC(=O)CCC(=O)C(=O)C(CCC)CC(=O)[C@@H]1C[C@@H](OCc2ccccc2)CN1C(=O)C(CC(=O)Cc1cccc(CC(=O)O)c1)C1CCCCC1)C(N)=O. The first-order valence-electron chi connectivity index (χ1n) is 25.1. The van der Waals surface area contributed by atoms with Crippen molar-refractivity contribution in [2.24, 2.45) is 29.4 Å². The summed E-state index contributed by atoms with van der Waals surface area (Å²) in [5.41, 5.74) is 7.73. The van der Waals surface area contributed by atoms with Crippen LogP contribution in [0.5, 0.6) is 0 Å². The van der Waals surface area contributed by atoms with Gasteiger partial charge in [0.1, 0.15) is 5.78 Å². The lowest BCUT2D eigenvalue weighted by Gasteiger charge is -2.34. The van der Waals surface area contributed by atoms with Crippen molar-refractivity contribution in [3.8, 4) is 0 Å². The maximum absolute atomic E-state index is 14.9. The first kappa shape index (κ1) is 55.2. The van der Waals surface area contributed by atoms with Crippen LogP contribution in [0.25, 0.3) is 0 Å². The monoisotopic (exact) mass is 942 g/mol. The van der Waals surface area contributed by atoms with Gasteiger partial charge in [0.25, 0.3) is 0 Å². The zero-order valence-corrected chi connectivity index (χ0v) is 40.6. The van der Waals surface area contributed by atoms with Gasteiger partial charge in [-0.25, -0.2) is 0 Å². The third-order valence-electron chi connectivity index (χ3n) is 13.6. The van der Waals surface area contributed by atoms with Gasteiger partial charge in [-0.2, -0.15) is 0 Å². The van der Waals surface area contributed by atoms with Crippen molar-refractivity contribution in [2.75, 3.05) is 6.54 Å². The van der Waals surface area contributed by atoms with Crippen molar-refractivity contribution >= 4 is 52.6 Å². The molecule has 4 rings (SSSR count). The number of Topliss-reactive ketones (excluding diaryl/α,β-unsaturated/α-hetero) is 5. The Morgan fingerprint density at radius 1 is 0.750 bits per heavy atom. The van der Waals surface area contributed by atoms with E-state index in [0.29, 0.717) is 36.8 Å². The van der Waals surface area contributed by atoms with Crippen LogP contribution in [-0.4, -0.2) is 87.3 Å². The predicted molar refractivity (Wildman–Crippen MR) is 257 cm³/mol. The van der Waals surface area contributed by atoms with Gasteiger partial charge in [0.05, 0.1) is 31.2 Å². The summed E-state index contributed by atoms with van der Waals surface area (Å²) >= 11 is 0. The summed E-state index contributed by atoms with van der Waals surface area (Å²) in [6.45, 7) is 6.13. The summed E-state index contributed by atoms with van der Waals surface area (Å²) in [6, 6.07) is 14.6. The van der Waals surface area contributed by atoms with Crippen molar-refractivity contribution in [2.45, 2.75) is 180 Å². The van der Waals surface area contributed by atoms with E-state index < -0.39 is 71.7 Å². The van der Waals surface area contributed by atoms with E-state index in [1.807, 2.05) is 51.1 Å². The first-order chi connectivity index (χ1) is 32.6. The topological polar surface area (TPSA) is 224 Å². The van der Waals surface area contributed by atoms with Crippen LogP contribution in [0.4, 0.5) is 0 Å². The highest BCUT2D eigenvalue weighted by Crippen LogP contribution is 2.36. The number of amides is 3. The second kappa shape index (κ2) is 28.8. The molecule has 1 heterocycles. The molecule has 4 N–H and O–H groups in total. The molecule has 14 heteroatoms. The van der Waals surface area contributed by atoms with Gasteiger partial charge in [0.2, 0.25) is 23.5 Å². The normalized spacial score (nSPS) is 18.0. The number of ether oxygens (including phenoxy) is 1. The molecule has 6 atom stereocenters. The number of rotatable bonds is 32. The molecule has 14 nitrogen and oxygen atoms in total. The highest BCUT2D eigenvalue weighted by atomic mass is 16.5. The number of nitrogens with one attached hydrogen (secondary N) is 1. The van der Waals surface area contributed by atoms with Crippen molar-refractivity contribution in [3.05, 3.63) is 71.3 Å². The molecule has 68 heavy (non-hydrogen) atoms. The minimum atomic E-state index is -0.982. The second-order valence-electron chi connectivity index (χ2n) is 19.1. The molecule has 4 unspecified atom stereocenters. The Balaban J connectivity index is 1.49. The molecule has 3 amide bonds. The smallest absolute Gasteiger partial charge is 0.307 e. The number of carboxylic acids is 1. The van der Waals surface area contributed by atoms with E-state index in [-0.39, 0.29) is 93.7 Å². The Labute approximate surface area is 402 Å². The predicted octanol–water partition coefficient (Wildman–Crippen LogP) is 7.42. The van der Waals surface area contributed by atoms with Crippen LogP contribution < -0.4 is 11.1 Å². The lowest BCUT2D eigenvalue weighted by molar-refractivity contribution is -0.145. The largest absolute Gasteiger partial charge is 0.481 e. The minimum Gasteiger partial charge on any atom is -0.481 e. The summed E-state index contributed by atoms with van der Waals surface area (Å²) in [5.74, 6) is -7.25. The number of aliphatic carboxylic acids is 1. The molecule has 1 aliphatic carbocycles. The quantitative estimate of drug-likeness (QED) is 0.0612. The van der Waals surface area contributed by atoms with Gasteiger partial charge >= 0.3 is 5.97 Å². The fourth-order valence-electron chi connectivity index (χ4n) is 9.83. The number of hydrogen-bond acceptors (Lipinski definition) is 10. The molecule has 0 spiro atoms.